The number of fused-ring (bicyclic) bond motifs is 8. The Morgan fingerprint density at radius 2 is 1.14 bits per heavy atom. The largest absolute Gasteiger partial charge is 0.455 e. The molecule has 0 bridgehead atoms. The van der Waals surface area contributed by atoms with Gasteiger partial charge < -0.3 is 18.7 Å². The Labute approximate surface area is 378 Å². The maximum Gasteiger partial charge on any atom is 0.145 e. The molecule has 312 valence electrons. The third-order valence-electron chi connectivity index (χ3n) is 11.6. The van der Waals surface area contributed by atoms with Gasteiger partial charge in [-0.15, -0.1) is 0 Å². The summed E-state index contributed by atoms with van der Waals surface area (Å²) < 4.78 is 15.5. The van der Waals surface area contributed by atoms with Crippen LogP contribution in [0.5, 0.6) is 0 Å². The second-order valence-electron chi connectivity index (χ2n) is 15.7. The standard InChI is InChI=1S/C61H46N2O2/c1-3-26-51-49-32-20-24-37-57(49)64-60(51)43(2)48-31-18-22-35-54(48)62-46-29-16-12-8-4-6-10-14-27-44(41-46)45-28-15-11-7-5-9-13-17-30-47(42-45)63-55-36-23-19-34-53(55)59-56(63)40-39-52-50-33-21-25-38-58(50)65-61(52)59/h3-42,62H,2H2,1H3/b6-4?,7-5?,8-4-,9-5-,10-6+,11-7+,12-8?,13-9?,14-10?,15-11?,16-12-,17-13-,26-3-,27-14+,28-15+,29-16?,30-17?,44-27?,44-41+,45-28?,45-42+,46-29+,46-41?,47-30+,47-42?. The van der Waals surface area contributed by atoms with Crippen molar-refractivity contribution in [1.82, 2.24) is 4.57 Å². The summed E-state index contributed by atoms with van der Waals surface area (Å²) in [6.45, 7) is 6.64. The van der Waals surface area contributed by atoms with Gasteiger partial charge in [0.2, 0.25) is 0 Å². The number of anilines is 1. The quantitative estimate of drug-likeness (QED) is 0.174. The maximum absolute atomic E-state index is 6.66. The summed E-state index contributed by atoms with van der Waals surface area (Å²) in [6, 6.07) is 37.7. The fraction of sp³-hybridized carbons (Fsp3) is 0.0164. The van der Waals surface area contributed by atoms with Crippen LogP contribution in [0.2, 0.25) is 0 Å². The Bertz CT molecular complexity index is 3580. The van der Waals surface area contributed by atoms with E-state index in [0.29, 0.717) is 0 Å². The topological polar surface area (TPSA) is 43.2 Å². The van der Waals surface area contributed by atoms with Crippen molar-refractivity contribution in [2.45, 2.75) is 6.92 Å². The summed E-state index contributed by atoms with van der Waals surface area (Å²) >= 11 is 0. The number of furan rings is 2. The fourth-order valence-corrected chi connectivity index (χ4v) is 8.64. The number of nitrogens with one attached hydrogen (secondary N) is 1. The second kappa shape index (κ2) is 18.4. The zero-order valence-electron chi connectivity index (χ0n) is 36.1. The lowest BCUT2D eigenvalue weighted by Crippen LogP contribution is -2.02. The molecule has 0 amide bonds. The van der Waals surface area contributed by atoms with Crippen LogP contribution in [0.15, 0.2) is 269 Å². The molecule has 2 aliphatic carbocycles. The molecule has 5 aromatic carbocycles. The Morgan fingerprint density at radius 1 is 0.538 bits per heavy atom. The number of nitrogens with zero attached hydrogens (tertiary/aromatic N) is 1. The van der Waals surface area contributed by atoms with Crippen molar-refractivity contribution < 1.29 is 8.83 Å². The maximum atomic E-state index is 6.66. The number of para-hydroxylation sites is 4. The Morgan fingerprint density at radius 3 is 1.89 bits per heavy atom. The molecule has 3 aromatic heterocycles. The minimum Gasteiger partial charge on any atom is -0.455 e. The minimum atomic E-state index is 0.744. The third-order valence-corrected chi connectivity index (χ3v) is 11.6. The van der Waals surface area contributed by atoms with E-state index in [9.17, 15) is 0 Å². The van der Waals surface area contributed by atoms with E-state index in [0.717, 1.165) is 105 Å². The average molecular weight is 839 g/mol. The molecule has 0 radical (unpaired) electrons. The van der Waals surface area contributed by atoms with Crippen molar-refractivity contribution in [1.29, 1.82) is 0 Å². The Balaban J connectivity index is 1.13. The first-order valence-corrected chi connectivity index (χ1v) is 21.9. The van der Waals surface area contributed by atoms with E-state index in [4.69, 9.17) is 8.83 Å². The van der Waals surface area contributed by atoms with Crippen LogP contribution in [0.3, 0.4) is 0 Å². The first kappa shape index (κ1) is 40.5. The van der Waals surface area contributed by atoms with Crippen LogP contribution in [-0.4, -0.2) is 4.57 Å². The monoisotopic (exact) mass is 838 g/mol. The van der Waals surface area contributed by atoms with E-state index in [1.807, 2.05) is 98.0 Å². The van der Waals surface area contributed by atoms with Crippen molar-refractivity contribution in [2.75, 3.05) is 5.32 Å². The summed E-state index contributed by atoms with van der Waals surface area (Å²) in [5, 5.41) is 9.29. The van der Waals surface area contributed by atoms with E-state index < -0.39 is 0 Å². The summed E-state index contributed by atoms with van der Waals surface area (Å²) in [5.74, 6) is 0.744. The highest BCUT2D eigenvalue weighted by Crippen LogP contribution is 2.41. The van der Waals surface area contributed by atoms with Crippen LogP contribution >= 0.6 is 0 Å². The molecule has 0 spiro atoms. The van der Waals surface area contributed by atoms with Gasteiger partial charge in [0.1, 0.15) is 22.5 Å². The highest BCUT2D eigenvalue weighted by molar-refractivity contribution is 6.24. The highest BCUT2D eigenvalue weighted by atomic mass is 16.3. The van der Waals surface area contributed by atoms with Crippen LogP contribution in [0.1, 0.15) is 23.8 Å². The van der Waals surface area contributed by atoms with Gasteiger partial charge in [-0.3, -0.25) is 0 Å². The van der Waals surface area contributed by atoms with E-state index in [1.165, 1.54) is 0 Å². The molecule has 3 heterocycles. The lowest BCUT2D eigenvalue weighted by atomic mass is 9.98. The predicted octanol–water partition coefficient (Wildman–Crippen LogP) is 16.7. The van der Waals surface area contributed by atoms with Gasteiger partial charge >= 0.3 is 0 Å². The van der Waals surface area contributed by atoms with Gasteiger partial charge in [0.25, 0.3) is 0 Å². The number of allylic oxidation sites excluding steroid dienone is 24. The van der Waals surface area contributed by atoms with Crippen molar-refractivity contribution in [2.24, 2.45) is 0 Å². The van der Waals surface area contributed by atoms with Crippen LogP contribution in [-0.2, 0) is 0 Å². The summed E-state index contributed by atoms with van der Waals surface area (Å²) in [6.07, 6.45) is 46.0. The van der Waals surface area contributed by atoms with Crippen molar-refractivity contribution >= 4 is 77.7 Å². The molecule has 8 aromatic rings. The van der Waals surface area contributed by atoms with Crippen LogP contribution in [0.4, 0.5) is 5.69 Å². The molecule has 65 heavy (non-hydrogen) atoms. The third kappa shape index (κ3) is 8.13. The first-order chi connectivity index (χ1) is 32.2. The predicted molar refractivity (Wildman–Crippen MR) is 277 cm³/mol. The van der Waals surface area contributed by atoms with Crippen LogP contribution < -0.4 is 5.32 Å². The molecule has 0 fully saturated rings. The number of hydrogen-bond donors (Lipinski definition) is 1. The molecular weight excluding hydrogens is 793 g/mol. The molecule has 0 atom stereocenters. The van der Waals surface area contributed by atoms with Gasteiger partial charge in [-0.2, -0.15) is 0 Å². The normalized spacial score (nSPS) is 21.9. The van der Waals surface area contributed by atoms with Gasteiger partial charge in [0.15, 0.2) is 0 Å². The summed E-state index contributed by atoms with van der Waals surface area (Å²) in [4.78, 5) is 0. The molecular formula is C61H46N2O2. The Kier molecular flexibility index (Phi) is 11.5. The molecule has 0 saturated heterocycles. The number of rotatable bonds is 7. The average Bonchev–Trinajstić information content (AvgIpc) is 4.00. The van der Waals surface area contributed by atoms with E-state index in [2.05, 4.69) is 168 Å². The van der Waals surface area contributed by atoms with E-state index >= 15 is 0 Å². The molecule has 0 aliphatic heterocycles. The summed E-state index contributed by atoms with van der Waals surface area (Å²) in [7, 11) is 0. The van der Waals surface area contributed by atoms with Crippen molar-refractivity contribution in [3.8, 4) is 0 Å². The number of hydrogen-bond acceptors (Lipinski definition) is 3. The molecule has 4 nitrogen and oxygen atoms in total. The SMILES string of the molecule is C=C(c1ccccc1NC1=C/C=C\C=C/C=C/C=C/C(C2=C/C(n3c4ccccc4c4c5oc6ccccc6c5ccc43)=C\C=C/C=C\C=C\C=C\2)=C\1)c1oc2ccccc2c1/C=C\C. The highest BCUT2D eigenvalue weighted by Gasteiger charge is 2.21. The fourth-order valence-electron chi connectivity index (χ4n) is 8.64. The van der Waals surface area contributed by atoms with Crippen LogP contribution in [0.25, 0.3) is 72.1 Å². The lowest BCUT2D eigenvalue weighted by molar-refractivity contribution is 0.600. The first-order valence-electron chi connectivity index (χ1n) is 21.9. The van der Waals surface area contributed by atoms with Gasteiger partial charge in [0, 0.05) is 55.3 Å². The number of aromatic nitrogens is 1. The van der Waals surface area contributed by atoms with Crippen molar-refractivity contribution in [3.63, 3.8) is 0 Å². The minimum absolute atomic E-state index is 0.744. The molecule has 1 N–H and O–H groups in total. The Hall–Kier alpha value is -8.60. The zero-order valence-corrected chi connectivity index (χ0v) is 36.1. The number of benzene rings is 5. The second-order valence-corrected chi connectivity index (χ2v) is 15.7. The van der Waals surface area contributed by atoms with Crippen molar-refractivity contribution in [3.05, 3.63) is 277 Å². The van der Waals surface area contributed by atoms with Gasteiger partial charge in [-0.25, -0.2) is 0 Å². The molecule has 2 aliphatic rings. The van der Waals surface area contributed by atoms with Crippen LogP contribution in [0, 0.1) is 0 Å². The molecule has 4 heteroatoms. The zero-order chi connectivity index (χ0) is 44.0. The van der Waals surface area contributed by atoms with Gasteiger partial charge in [0.05, 0.1) is 16.4 Å². The smallest absolute Gasteiger partial charge is 0.145 e. The summed E-state index contributed by atoms with van der Waals surface area (Å²) in [5.41, 5.74) is 12.2. The lowest BCUT2D eigenvalue weighted by Gasteiger charge is -2.16. The molecule has 0 unspecified atom stereocenters. The molecule has 10 rings (SSSR count). The van der Waals surface area contributed by atoms with E-state index in [1.54, 1.807) is 0 Å². The van der Waals surface area contributed by atoms with Gasteiger partial charge in [-0.05, 0) is 78.8 Å². The molecule has 0 saturated carbocycles. The van der Waals surface area contributed by atoms with Gasteiger partial charge in [-0.1, -0.05) is 189 Å². The van der Waals surface area contributed by atoms with E-state index in [-0.39, 0.29) is 0 Å².